The number of para-hydroxylation sites is 1. The van der Waals surface area contributed by atoms with E-state index in [-0.39, 0.29) is 0 Å². The zero-order valence-corrected chi connectivity index (χ0v) is 31.7. The van der Waals surface area contributed by atoms with Crippen molar-refractivity contribution in [1.82, 2.24) is 4.98 Å². The molecule has 0 spiro atoms. The first-order valence-electron chi connectivity index (χ1n) is 19.2. The van der Waals surface area contributed by atoms with Crippen LogP contribution in [0, 0.1) is 0 Å². The van der Waals surface area contributed by atoms with Crippen LogP contribution in [-0.4, -0.2) is 4.98 Å². The van der Waals surface area contributed by atoms with Gasteiger partial charge in [0.25, 0.3) is 0 Å². The Morgan fingerprint density at radius 2 is 0.930 bits per heavy atom. The van der Waals surface area contributed by atoms with E-state index in [2.05, 4.69) is 205 Å². The van der Waals surface area contributed by atoms with E-state index in [9.17, 15) is 0 Å². The molecule has 0 bridgehead atoms. The van der Waals surface area contributed by atoms with Crippen molar-refractivity contribution < 1.29 is 4.42 Å². The molecule has 0 amide bonds. The highest BCUT2D eigenvalue weighted by Crippen LogP contribution is 2.42. The van der Waals surface area contributed by atoms with Gasteiger partial charge in [-0.15, -0.1) is 11.3 Å². The van der Waals surface area contributed by atoms with Crippen LogP contribution in [0.1, 0.15) is 0 Å². The molecule has 0 N–H and O–H groups in total. The van der Waals surface area contributed by atoms with Crippen molar-refractivity contribution in [2.75, 3.05) is 4.90 Å². The summed E-state index contributed by atoms with van der Waals surface area (Å²) in [5.74, 6) is 0. The first-order chi connectivity index (χ1) is 28.2. The molecule has 0 fully saturated rings. The average Bonchev–Trinajstić information content (AvgIpc) is 3.87. The molecule has 9 aromatic carbocycles. The molecular formula is C53H34N2OS. The van der Waals surface area contributed by atoms with E-state index >= 15 is 0 Å². The number of benzene rings is 9. The van der Waals surface area contributed by atoms with Crippen LogP contribution in [0.15, 0.2) is 211 Å². The third kappa shape index (κ3) is 5.95. The Hall–Kier alpha value is -7.27. The van der Waals surface area contributed by atoms with Gasteiger partial charge in [-0.05, 0) is 81.1 Å². The minimum Gasteiger partial charge on any atom is -0.455 e. The highest BCUT2D eigenvalue weighted by molar-refractivity contribution is 7.21. The Morgan fingerprint density at radius 1 is 0.404 bits per heavy atom. The number of fused-ring (bicyclic) bond motifs is 5. The monoisotopic (exact) mass is 746 g/mol. The van der Waals surface area contributed by atoms with Gasteiger partial charge in [0.15, 0.2) is 0 Å². The van der Waals surface area contributed by atoms with E-state index in [1.54, 1.807) is 11.3 Å². The fraction of sp³-hybridized carbons (Fsp3) is 0. The van der Waals surface area contributed by atoms with E-state index in [0.29, 0.717) is 0 Å². The highest BCUT2D eigenvalue weighted by Gasteiger charge is 2.18. The van der Waals surface area contributed by atoms with E-state index in [1.165, 1.54) is 33.0 Å². The minimum atomic E-state index is 0.851. The van der Waals surface area contributed by atoms with Crippen molar-refractivity contribution in [2.45, 2.75) is 0 Å². The van der Waals surface area contributed by atoms with Crippen molar-refractivity contribution in [2.24, 2.45) is 0 Å². The van der Waals surface area contributed by atoms with Crippen LogP contribution in [0.2, 0.25) is 0 Å². The first kappa shape index (κ1) is 33.1. The number of nitrogens with zero attached hydrogens (tertiary/aromatic N) is 2. The molecule has 0 unspecified atom stereocenters. The van der Waals surface area contributed by atoms with Crippen LogP contribution in [0.5, 0.6) is 0 Å². The minimum absolute atomic E-state index is 0.851. The predicted octanol–water partition coefficient (Wildman–Crippen LogP) is 15.5. The molecule has 57 heavy (non-hydrogen) atoms. The maximum absolute atomic E-state index is 6.65. The van der Waals surface area contributed by atoms with Crippen LogP contribution in [0.3, 0.4) is 0 Å². The van der Waals surface area contributed by atoms with Gasteiger partial charge < -0.3 is 9.32 Å². The lowest BCUT2D eigenvalue weighted by Gasteiger charge is -2.26. The number of anilines is 3. The van der Waals surface area contributed by atoms with E-state index in [4.69, 9.17) is 9.40 Å². The molecule has 2 heterocycles. The predicted molar refractivity (Wildman–Crippen MR) is 241 cm³/mol. The molecule has 0 radical (unpaired) electrons. The Kier molecular flexibility index (Phi) is 8.01. The molecular weight excluding hydrogens is 713 g/mol. The topological polar surface area (TPSA) is 29.3 Å². The molecule has 4 heteroatoms. The molecule has 0 saturated carbocycles. The normalized spacial score (nSPS) is 11.5. The second kappa shape index (κ2) is 13.8. The van der Waals surface area contributed by atoms with Crippen molar-refractivity contribution in [3.63, 3.8) is 0 Å². The molecule has 0 aliphatic heterocycles. The smallest absolute Gasteiger partial charge is 0.143 e. The van der Waals surface area contributed by atoms with Crippen molar-refractivity contribution >= 4 is 71.3 Å². The molecule has 11 rings (SSSR count). The van der Waals surface area contributed by atoms with Gasteiger partial charge in [0.05, 0.1) is 10.2 Å². The van der Waals surface area contributed by atoms with Gasteiger partial charge in [0.1, 0.15) is 16.2 Å². The lowest BCUT2D eigenvalue weighted by atomic mass is 9.98. The molecule has 3 nitrogen and oxygen atoms in total. The van der Waals surface area contributed by atoms with Crippen LogP contribution < -0.4 is 4.90 Å². The maximum Gasteiger partial charge on any atom is 0.143 e. The first-order valence-corrected chi connectivity index (χ1v) is 20.0. The van der Waals surface area contributed by atoms with Crippen LogP contribution in [0.25, 0.3) is 86.9 Å². The largest absolute Gasteiger partial charge is 0.455 e. The average molecular weight is 747 g/mol. The van der Waals surface area contributed by atoms with Gasteiger partial charge >= 0.3 is 0 Å². The number of rotatable bonds is 7. The Bertz CT molecular complexity index is 3200. The number of furan rings is 1. The molecule has 268 valence electrons. The lowest BCUT2D eigenvalue weighted by molar-refractivity contribution is 0.670. The maximum atomic E-state index is 6.65. The Labute approximate surface area is 334 Å². The van der Waals surface area contributed by atoms with E-state index in [1.807, 2.05) is 6.07 Å². The van der Waals surface area contributed by atoms with Crippen molar-refractivity contribution in [3.05, 3.63) is 206 Å². The van der Waals surface area contributed by atoms with Gasteiger partial charge in [-0.3, -0.25) is 0 Å². The van der Waals surface area contributed by atoms with Crippen LogP contribution in [-0.2, 0) is 0 Å². The number of aromatic nitrogens is 1. The highest BCUT2D eigenvalue weighted by atomic mass is 32.1. The zero-order chi connectivity index (χ0) is 37.7. The summed E-state index contributed by atoms with van der Waals surface area (Å²) in [7, 11) is 0. The summed E-state index contributed by atoms with van der Waals surface area (Å²) in [6.07, 6.45) is 0. The number of hydrogen-bond acceptors (Lipinski definition) is 4. The van der Waals surface area contributed by atoms with Crippen LogP contribution in [0.4, 0.5) is 17.1 Å². The summed E-state index contributed by atoms with van der Waals surface area (Å²) < 4.78 is 7.81. The SMILES string of the molecule is c1ccc(-c2ccc(N(c3ccc(-c4cccc5ccccc45)cc3)c3ccc(-c4cccc5c4oc4cc6nc(-c7ccccc7)sc6cc45)cc3)cc2)cc1. The summed E-state index contributed by atoms with van der Waals surface area (Å²) in [6, 6.07) is 73.4. The fourth-order valence-corrected chi connectivity index (χ4v) is 9.08. The summed E-state index contributed by atoms with van der Waals surface area (Å²) in [4.78, 5) is 7.30. The Morgan fingerprint density at radius 3 is 1.63 bits per heavy atom. The second-order valence-corrected chi connectivity index (χ2v) is 15.4. The van der Waals surface area contributed by atoms with Gasteiger partial charge in [-0.1, -0.05) is 158 Å². The van der Waals surface area contributed by atoms with Gasteiger partial charge in [0.2, 0.25) is 0 Å². The third-order valence-electron chi connectivity index (χ3n) is 10.9. The molecule has 0 saturated heterocycles. The van der Waals surface area contributed by atoms with Gasteiger partial charge in [-0.25, -0.2) is 4.98 Å². The molecule has 0 atom stereocenters. The van der Waals surface area contributed by atoms with Crippen LogP contribution >= 0.6 is 11.3 Å². The Balaban J connectivity index is 0.970. The number of hydrogen-bond donors (Lipinski definition) is 0. The summed E-state index contributed by atoms with van der Waals surface area (Å²) >= 11 is 1.72. The van der Waals surface area contributed by atoms with Gasteiger partial charge in [-0.2, -0.15) is 0 Å². The fourth-order valence-electron chi connectivity index (χ4n) is 8.09. The molecule has 11 aromatic rings. The van der Waals surface area contributed by atoms with E-state index < -0.39 is 0 Å². The van der Waals surface area contributed by atoms with Gasteiger partial charge in [0, 0.05) is 45.0 Å². The van der Waals surface area contributed by atoms with Crippen molar-refractivity contribution in [3.8, 4) is 44.0 Å². The summed E-state index contributed by atoms with van der Waals surface area (Å²) in [6.45, 7) is 0. The second-order valence-electron chi connectivity index (χ2n) is 14.4. The zero-order valence-electron chi connectivity index (χ0n) is 30.8. The van der Waals surface area contributed by atoms with Crippen molar-refractivity contribution in [1.29, 1.82) is 0 Å². The molecule has 2 aromatic heterocycles. The molecule has 0 aliphatic rings. The lowest BCUT2D eigenvalue weighted by Crippen LogP contribution is -2.09. The van der Waals surface area contributed by atoms with E-state index in [0.717, 1.165) is 70.9 Å². The number of thiazole rings is 1. The molecule has 0 aliphatic carbocycles. The quantitative estimate of drug-likeness (QED) is 0.163. The summed E-state index contributed by atoms with van der Waals surface area (Å²) in [5.41, 5.74) is 14.0. The summed E-state index contributed by atoms with van der Waals surface area (Å²) in [5, 5.41) is 5.73. The standard InChI is InChI=1S/C53H34N2OS/c1-3-11-35(12-4-1)36-21-27-41(28-22-36)55(42-29-23-38(24-30-42)45-18-9-16-37-13-7-8-17-44(37)45)43-31-25-39(26-32-43)46-19-10-20-47-48-33-51-49(34-50(48)56-52(46)47)54-53(57-51)40-14-5-2-6-15-40/h1-34H. The third-order valence-corrected chi connectivity index (χ3v) is 12.0.